The average Bonchev–Trinajstić information content (AvgIpc) is 2.74. The van der Waals surface area contributed by atoms with Crippen molar-refractivity contribution in [3.8, 4) is 0 Å². The van der Waals surface area contributed by atoms with Crippen molar-refractivity contribution in [2.75, 3.05) is 18.4 Å². The first kappa shape index (κ1) is 15.1. The van der Waals surface area contributed by atoms with E-state index in [0.717, 1.165) is 37.6 Å². The minimum Gasteiger partial charge on any atom is -0.478 e. The van der Waals surface area contributed by atoms with E-state index in [9.17, 15) is 9.59 Å². The molecular formula is C16H20N2O3. The number of hydrogen-bond acceptors (Lipinski definition) is 2. The molecule has 1 aromatic rings. The van der Waals surface area contributed by atoms with Crippen LogP contribution in [0.3, 0.4) is 0 Å². The number of carboxylic acid groups (broad SMARTS) is 1. The molecule has 5 heteroatoms. The van der Waals surface area contributed by atoms with Crippen molar-refractivity contribution in [3.05, 3.63) is 35.9 Å². The van der Waals surface area contributed by atoms with Gasteiger partial charge >= 0.3 is 12.0 Å². The Morgan fingerprint density at radius 3 is 2.52 bits per heavy atom. The zero-order valence-corrected chi connectivity index (χ0v) is 11.9. The van der Waals surface area contributed by atoms with Gasteiger partial charge in [0.05, 0.1) is 0 Å². The number of carbonyl (C=O) groups excluding carboxylic acids is 1. The fourth-order valence-electron chi connectivity index (χ4n) is 2.36. The Morgan fingerprint density at radius 2 is 1.86 bits per heavy atom. The van der Waals surface area contributed by atoms with Gasteiger partial charge in [-0.2, -0.15) is 0 Å². The predicted octanol–water partition coefficient (Wildman–Crippen LogP) is 3.19. The number of nitrogens with one attached hydrogen (secondary N) is 1. The number of anilines is 1. The number of nitrogens with zero attached hydrogens (tertiary/aromatic N) is 1. The minimum absolute atomic E-state index is 0.0868. The van der Waals surface area contributed by atoms with Crippen LogP contribution in [0, 0.1) is 0 Å². The van der Waals surface area contributed by atoms with E-state index >= 15 is 0 Å². The number of rotatable bonds is 3. The number of aliphatic carboxylic acids is 1. The lowest BCUT2D eigenvalue weighted by atomic mass is 10.2. The minimum atomic E-state index is -0.992. The molecule has 2 rings (SSSR count). The van der Waals surface area contributed by atoms with Gasteiger partial charge in [0.2, 0.25) is 0 Å². The monoisotopic (exact) mass is 288 g/mol. The third-order valence-electron chi connectivity index (χ3n) is 3.45. The van der Waals surface area contributed by atoms with Gasteiger partial charge in [-0.15, -0.1) is 0 Å². The van der Waals surface area contributed by atoms with Crippen LogP contribution in [-0.4, -0.2) is 35.1 Å². The maximum absolute atomic E-state index is 12.2. The quantitative estimate of drug-likeness (QED) is 0.839. The molecule has 0 saturated carbocycles. The molecule has 0 atom stereocenters. The SMILES string of the molecule is O=C(O)C=Cc1cccc(NC(=O)N2CCCCCC2)c1. The van der Waals surface area contributed by atoms with Crippen molar-refractivity contribution >= 4 is 23.8 Å². The van der Waals surface area contributed by atoms with Crippen LogP contribution in [-0.2, 0) is 4.79 Å². The smallest absolute Gasteiger partial charge is 0.328 e. The number of benzene rings is 1. The normalized spacial score (nSPS) is 15.7. The molecule has 1 aromatic carbocycles. The van der Waals surface area contributed by atoms with Crippen molar-refractivity contribution in [3.63, 3.8) is 0 Å². The zero-order chi connectivity index (χ0) is 15.1. The van der Waals surface area contributed by atoms with Gasteiger partial charge in [0.15, 0.2) is 0 Å². The molecule has 1 fully saturated rings. The molecule has 1 aliphatic rings. The van der Waals surface area contributed by atoms with E-state index in [1.165, 1.54) is 18.9 Å². The van der Waals surface area contributed by atoms with Crippen LogP contribution >= 0.6 is 0 Å². The summed E-state index contributed by atoms with van der Waals surface area (Å²) in [4.78, 5) is 24.6. The molecule has 2 N–H and O–H groups in total. The number of amides is 2. The fraction of sp³-hybridized carbons (Fsp3) is 0.375. The third kappa shape index (κ3) is 4.95. The Morgan fingerprint density at radius 1 is 1.14 bits per heavy atom. The van der Waals surface area contributed by atoms with E-state index in [4.69, 9.17) is 5.11 Å². The van der Waals surface area contributed by atoms with Gasteiger partial charge in [0.25, 0.3) is 0 Å². The highest BCUT2D eigenvalue weighted by Gasteiger charge is 2.15. The van der Waals surface area contributed by atoms with Gasteiger partial charge in [0, 0.05) is 24.9 Å². The number of carboxylic acids is 1. The number of carbonyl (C=O) groups is 2. The van der Waals surface area contributed by atoms with Crippen molar-refractivity contribution in [1.82, 2.24) is 4.90 Å². The standard InChI is InChI=1S/C16H20N2O3/c19-15(20)9-8-13-6-5-7-14(12-13)17-16(21)18-10-3-1-2-4-11-18/h5-9,12H,1-4,10-11H2,(H,17,21)(H,19,20). The molecule has 0 aliphatic carbocycles. The molecule has 2 amide bonds. The fourth-order valence-corrected chi connectivity index (χ4v) is 2.36. The Balaban J connectivity index is 1.99. The summed E-state index contributed by atoms with van der Waals surface area (Å²) < 4.78 is 0. The third-order valence-corrected chi connectivity index (χ3v) is 3.45. The van der Waals surface area contributed by atoms with Gasteiger partial charge in [-0.1, -0.05) is 25.0 Å². The average molecular weight is 288 g/mol. The first-order chi connectivity index (χ1) is 10.1. The molecule has 0 unspecified atom stereocenters. The summed E-state index contributed by atoms with van der Waals surface area (Å²) in [6.45, 7) is 1.59. The van der Waals surface area contributed by atoms with Crippen LogP contribution in [0.1, 0.15) is 31.2 Å². The lowest BCUT2D eigenvalue weighted by molar-refractivity contribution is -0.131. The summed E-state index contributed by atoms with van der Waals surface area (Å²) in [6, 6.07) is 7.06. The Hall–Kier alpha value is -2.30. The summed E-state index contributed by atoms with van der Waals surface area (Å²) in [7, 11) is 0. The van der Waals surface area contributed by atoms with Crippen molar-refractivity contribution in [2.24, 2.45) is 0 Å². The van der Waals surface area contributed by atoms with Crippen LogP contribution in [0.5, 0.6) is 0 Å². The van der Waals surface area contributed by atoms with Gasteiger partial charge in [0.1, 0.15) is 0 Å². The summed E-state index contributed by atoms with van der Waals surface area (Å²) in [5, 5.41) is 11.5. The first-order valence-electron chi connectivity index (χ1n) is 7.22. The topological polar surface area (TPSA) is 69.6 Å². The van der Waals surface area contributed by atoms with Gasteiger partial charge in [-0.3, -0.25) is 0 Å². The highest BCUT2D eigenvalue weighted by atomic mass is 16.4. The maximum Gasteiger partial charge on any atom is 0.328 e. The van der Waals surface area contributed by atoms with E-state index in [1.54, 1.807) is 24.3 Å². The van der Waals surface area contributed by atoms with Gasteiger partial charge in [-0.05, 0) is 36.6 Å². The molecule has 5 nitrogen and oxygen atoms in total. The molecule has 112 valence electrons. The Labute approximate surface area is 124 Å². The van der Waals surface area contributed by atoms with E-state index in [2.05, 4.69) is 5.32 Å². The second kappa shape index (κ2) is 7.47. The highest BCUT2D eigenvalue weighted by Crippen LogP contribution is 2.15. The van der Waals surface area contributed by atoms with Crippen LogP contribution in [0.4, 0.5) is 10.5 Å². The zero-order valence-electron chi connectivity index (χ0n) is 11.9. The second-order valence-corrected chi connectivity index (χ2v) is 5.13. The lowest BCUT2D eigenvalue weighted by Crippen LogP contribution is -2.35. The van der Waals surface area contributed by atoms with Crippen LogP contribution in [0.2, 0.25) is 0 Å². The maximum atomic E-state index is 12.2. The van der Waals surface area contributed by atoms with E-state index in [1.807, 2.05) is 4.90 Å². The molecule has 1 saturated heterocycles. The molecular weight excluding hydrogens is 268 g/mol. The predicted molar refractivity (Wildman–Crippen MR) is 82.2 cm³/mol. The van der Waals surface area contributed by atoms with E-state index < -0.39 is 5.97 Å². The second-order valence-electron chi connectivity index (χ2n) is 5.13. The van der Waals surface area contributed by atoms with Gasteiger partial charge in [-0.25, -0.2) is 9.59 Å². The van der Waals surface area contributed by atoms with Crippen LogP contribution in [0.15, 0.2) is 30.3 Å². The summed E-state index contributed by atoms with van der Waals surface area (Å²) in [5.41, 5.74) is 1.42. The molecule has 0 bridgehead atoms. The van der Waals surface area contributed by atoms with Crippen molar-refractivity contribution in [2.45, 2.75) is 25.7 Å². The number of urea groups is 1. The molecule has 21 heavy (non-hydrogen) atoms. The molecule has 0 radical (unpaired) electrons. The largest absolute Gasteiger partial charge is 0.478 e. The van der Waals surface area contributed by atoms with E-state index in [0.29, 0.717) is 5.69 Å². The Kier molecular flexibility index (Phi) is 5.37. The Bertz CT molecular complexity index is 532. The van der Waals surface area contributed by atoms with Crippen LogP contribution < -0.4 is 5.32 Å². The van der Waals surface area contributed by atoms with Gasteiger partial charge < -0.3 is 15.3 Å². The summed E-state index contributed by atoms with van der Waals surface area (Å²) in [6.07, 6.45) is 7.04. The van der Waals surface area contributed by atoms with Crippen molar-refractivity contribution < 1.29 is 14.7 Å². The molecule has 0 spiro atoms. The first-order valence-corrected chi connectivity index (χ1v) is 7.22. The van der Waals surface area contributed by atoms with Crippen LogP contribution in [0.25, 0.3) is 6.08 Å². The lowest BCUT2D eigenvalue weighted by Gasteiger charge is -2.20. The van der Waals surface area contributed by atoms with E-state index in [-0.39, 0.29) is 6.03 Å². The number of hydrogen-bond donors (Lipinski definition) is 2. The summed E-state index contributed by atoms with van der Waals surface area (Å²) in [5.74, 6) is -0.992. The molecule has 1 heterocycles. The molecule has 1 aliphatic heterocycles. The molecule has 0 aromatic heterocycles. The number of likely N-dealkylation sites (tertiary alicyclic amines) is 1. The highest BCUT2D eigenvalue weighted by molar-refractivity contribution is 5.90. The summed E-state index contributed by atoms with van der Waals surface area (Å²) >= 11 is 0. The van der Waals surface area contributed by atoms with Crippen molar-refractivity contribution in [1.29, 1.82) is 0 Å².